The first kappa shape index (κ1) is 50.8. The van der Waals surface area contributed by atoms with Crippen molar-refractivity contribution in [3.8, 4) is 17.2 Å². The molecule has 0 spiro atoms. The molecular weight excluding hydrogens is 923 g/mol. The van der Waals surface area contributed by atoms with E-state index in [4.69, 9.17) is 14.2 Å². The van der Waals surface area contributed by atoms with Crippen molar-refractivity contribution in [2.24, 2.45) is 0 Å². The van der Waals surface area contributed by atoms with Crippen molar-refractivity contribution in [1.29, 1.82) is 0 Å². The van der Waals surface area contributed by atoms with Gasteiger partial charge in [0.05, 0.1) is 47.9 Å². The number of unbranched alkanes of at least 4 members (excludes halogenated alkanes) is 7. The Morgan fingerprint density at radius 1 is 0.884 bits per heavy atom. The quantitative estimate of drug-likeness (QED) is 0.0492. The van der Waals surface area contributed by atoms with E-state index in [9.17, 15) is 37.2 Å². The zero-order valence-electron chi connectivity index (χ0n) is 39.7. The third-order valence-electron chi connectivity index (χ3n) is 12.7. The first-order chi connectivity index (χ1) is 33.1. The number of hydrogen-bond acceptors (Lipinski definition) is 13. The summed E-state index contributed by atoms with van der Waals surface area (Å²) in [6.07, 6.45) is 9.99. The molecule has 0 saturated carbocycles. The number of carbonyl (C=O) groups excluding carboxylic acids is 6. The number of hydrogen-bond donors (Lipinski definition) is 2. The van der Waals surface area contributed by atoms with Crippen molar-refractivity contribution in [2.75, 3.05) is 44.6 Å². The molecule has 1 saturated heterocycles. The monoisotopic (exact) mass is 983 g/mol. The number of piperidine rings is 1. The fourth-order valence-electron chi connectivity index (χ4n) is 9.16. The zero-order valence-corrected chi connectivity index (χ0v) is 41.3. The summed E-state index contributed by atoms with van der Waals surface area (Å²) in [6.45, 7) is 4.56. The first-order valence-corrected chi connectivity index (χ1v) is 26.5. The van der Waals surface area contributed by atoms with Gasteiger partial charge in [0.2, 0.25) is 17.7 Å². The van der Waals surface area contributed by atoms with Crippen LogP contribution in [0.15, 0.2) is 66.0 Å². The Balaban J connectivity index is 0.771. The second-order valence-electron chi connectivity index (χ2n) is 17.9. The van der Waals surface area contributed by atoms with Crippen LogP contribution < -0.4 is 24.8 Å². The number of amides is 6. The van der Waals surface area contributed by atoms with Gasteiger partial charge < -0.3 is 29.3 Å². The maximum atomic E-state index is 14.0. The van der Waals surface area contributed by atoms with E-state index in [2.05, 4.69) is 34.7 Å². The molecule has 2 N–H and O–H groups in total. The molecule has 1 aromatic heterocycles. The molecule has 3 aromatic carbocycles. The van der Waals surface area contributed by atoms with E-state index < -0.39 is 45.4 Å². The van der Waals surface area contributed by atoms with Crippen molar-refractivity contribution in [2.45, 2.75) is 109 Å². The average Bonchev–Trinajstić information content (AvgIpc) is 3.95. The Bertz CT molecular complexity index is 2670. The number of nitrogens with zero attached hydrogens (tertiary/aromatic N) is 3. The Kier molecular flexibility index (Phi) is 16.9. The van der Waals surface area contributed by atoms with Crippen LogP contribution in [0.2, 0.25) is 0 Å². The highest BCUT2D eigenvalue weighted by molar-refractivity contribution is 7.90. The van der Waals surface area contributed by atoms with Crippen molar-refractivity contribution >= 4 is 62.3 Å². The molecule has 7 rings (SSSR count). The Morgan fingerprint density at radius 3 is 2.30 bits per heavy atom. The van der Waals surface area contributed by atoms with Crippen LogP contribution in [0.4, 0.5) is 5.69 Å². The van der Waals surface area contributed by atoms with Crippen molar-refractivity contribution in [3.05, 3.63) is 104 Å². The lowest BCUT2D eigenvalue weighted by molar-refractivity contribution is -0.137. The van der Waals surface area contributed by atoms with Crippen LogP contribution >= 0.6 is 11.3 Å². The maximum Gasteiger partial charge on any atom is 0.264 e. The SMILES string of the molecule is CCOc1cc([C@@H](CS(C)(=O)=O)N2C(=O)c3cccc(NC(=O)CCCCCCCCCCN(C)Cc4ccc(OCc5scc6c5CN(C5CCC(=O)NC5=O)C6=O)cc4)c3C2=O)ccc1OC. The van der Waals surface area contributed by atoms with Crippen molar-refractivity contribution in [1.82, 2.24) is 20.0 Å². The van der Waals surface area contributed by atoms with Gasteiger partial charge in [-0.15, -0.1) is 11.3 Å². The number of nitrogens with one attached hydrogen (secondary N) is 2. The minimum absolute atomic E-state index is 0.0407. The number of anilines is 1. The van der Waals surface area contributed by atoms with E-state index in [1.54, 1.807) is 42.2 Å². The van der Waals surface area contributed by atoms with Gasteiger partial charge in [0.15, 0.2) is 11.5 Å². The molecule has 368 valence electrons. The normalized spacial score (nSPS) is 16.2. The molecule has 6 amide bonds. The topological polar surface area (TPSA) is 198 Å². The average molecular weight is 984 g/mol. The molecule has 2 atom stereocenters. The molecule has 4 aromatic rings. The van der Waals surface area contributed by atoms with Crippen LogP contribution in [-0.4, -0.2) is 104 Å². The second-order valence-corrected chi connectivity index (χ2v) is 21.1. The highest BCUT2D eigenvalue weighted by Gasteiger charge is 2.44. The molecule has 3 aliphatic heterocycles. The van der Waals surface area contributed by atoms with Gasteiger partial charge in [-0.25, -0.2) is 8.42 Å². The smallest absolute Gasteiger partial charge is 0.264 e. The van der Waals surface area contributed by atoms with Gasteiger partial charge >= 0.3 is 0 Å². The largest absolute Gasteiger partial charge is 0.493 e. The lowest BCUT2D eigenvalue weighted by Gasteiger charge is -2.29. The molecule has 3 aliphatic rings. The molecule has 18 heteroatoms. The van der Waals surface area contributed by atoms with Gasteiger partial charge in [-0.05, 0) is 87.3 Å². The number of ether oxygens (including phenoxy) is 3. The van der Waals surface area contributed by atoms with E-state index in [0.717, 1.165) is 85.4 Å². The van der Waals surface area contributed by atoms with Crippen LogP contribution in [0, 0.1) is 0 Å². The standard InChI is InChI=1S/C51H61N5O11S2/c1-5-66-43-27-34(20-24-42(43)65-3)41(32-69(4,63)64)56-50(61)36-15-14-16-39(47(36)51(56)62)52-45(57)17-12-10-8-6-7-9-11-13-26-54(2)28-33-18-21-35(22-19-33)67-30-44-37-29-55(49(60)38(37)31-68-44)40-23-25-46(58)53-48(40)59/h14-16,18-22,24,27,31,40-41H,5-13,17,23,25-26,28-30,32H2,1-4H3,(H,52,57)(H,53,58,59)/t40?,41-/m1/s1. The summed E-state index contributed by atoms with van der Waals surface area (Å²) < 4.78 is 42.4. The highest BCUT2D eigenvalue weighted by Crippen LogP contribution is 2.39. The van der Waals surface area contributed by atoms with Crippen molar-refractivity contribution < 1.29 is 51.4 Å². The lowest BCUT2D eigenvalue weighted by atomic mass is 10.0. The third kappa shape index (κ3) is 12.6. The summed E-state index contributed by atoms with van der Waals surface area (Å²) in [5, 5.41) is 7.00. The Labute approximate surface area is 407 Å². The Hall–Kier alpha value is -6.11. The fourth-order valence-corrected chi connectivity index (χ4v) is 11.0. The number of benzene rings is 3. The maximum absolute atomic E-state index is 14.0. The third-order valence-corrected chi connectivity index (χ3v) is 14.6. The zero-order chi connectivity index (χ0) is 49.2. The summed E-state index contributed by atoms with van der Waals surface area (Å²) in [5.41, 5.74) is 3.42. The number of thiophene rings is 1. The van der Waals surface area contributed by atoms with Crippen LogP contribution in [0.25, 0.3) is 0 Å². The lowest BCUT2D eigenvalue weighted by Crippen LogP contribution is -2.52. The summed E-state index contributed by atoms with van der Waals surface area (Å²) in [4.78, 5) is 83.7. The van der Waals surface area contributed by atoms with Gasteiger partial charge in [0.1, 0.15) is 28.2 Å². The summed E-state index contributed by atoms with van der Waals surface area (Å²) in [5.74, 6) is -1.48. The molecule has 0 radical (unpaired) electrons. The van der Waals surface area contributed by atoms with Crippen LogP contribution in [-0.2, 0) is 43.9 Å². The van der Waals surface area contributed by atoms with E-state index in [1.807, 2.05) is 17.5 Å². The van der Waals surface area contributed by atoms with E-state index in [0.29, 0.717) is 55.2 Å². The minimum Gasteiger partial charge on any atom is -0.493 e. The van der Waals surface area contributed by atoms with Crippen molar-refractivity contribution in [3.63, 3.8) is 0 Å². The predicted molar refractivity (Wildman–Crippen MR) is 261 cm³/mol. The Morgan fingerprint density at radius 2 is 1.61 bits per heavy atom. The number of imide groups is 2. The molecular formula is C51H61N5O11S2. The summed E-state index contributed by atoms with van der Waals surface area (Å²) in [6, 6.07) is 15.8. The van der Waals surface area contributed by atoms with Crippen LogP contribution in [0.5, 0.6) is 17.2 Å². The van der Waals surface area contributed by atoms with Gasteiger partial charge in [-0.2, -0.15) is 0 Å². The molecule has 69 heavy (non-hydrogen) atoms. The second kappa shape index (κ2) is 23.0. The predicted octanol–water partition coefficient (Wildman–Crippen LogP) is 7.46. The van der Waals surface area contributed by atoms with Crippen LogP contribution in [0.1, 0.15) is 136 Å². The first-order valence-electron chi connectivity index (χ1n) is 23.6. The van der Waals surface area contributed by atoms with Gasteiger partial charge in [-0.3, -0.25) is 39.0 Å². The van der Waals surface area contributed by atoms with Gasteiger partial charge in [-0.1, -0.05) is 62.8 Å². The molecule has 16 nitrogen and oxygen atoms in total. The molecule has 4 heterocycles. The van der Waals surface area contributed by atoms with E-state index in [-0.39, 0.29) is 47.4 Å². The number of sulfone groups is 1. The molecule has 1 unspecified atom stereocenters. The number of rotatable bonds is 25. The number of methoxy groups -OCH3 is 1. The summed E-state index contributed by atoms with van der Waals surface area (Å²) >= 11 is 1.48. The highest BCUT2D eigenvalue weighted by atomic mass is 32.2. The number of carbonyl (C=O) groups is 6. The van der Waals surface area contributed by atoms with Gasteiger partial charge in [0, 0.05) is 48.0 Å². The fraction of sp³-hybridized carbons (Fsp3) is 0.451. The molecule has 0 aliphatic carbocycles. The van der Waals surface area contributed by atoms with Crippen LogP contribution in [0.3, 0.4) is 0 Å². The summed E-state index contributed by atoms with van der Waals surface area (Å²) in [7, 11) is -0.0708. The molecule has 1 fully saturated rings. The van der Waals surface area contributed by atoms with E-state index >= 15 is 0 Å². The minimum atomic E-state index is -3.67. The number of fused-ring (bicyclic) bond motifs is 2. The molecule has 0 bridgehead atoms. The van der Waals surface area contributed by atoms with Gasteiger partial charge in [0.25, 0.3) is 17.7 Å². The van der Waals surface area contributed by atoms with E-state index in [1.165, 1.54) is 30.1 Å².